The van der Waals surface area contributed by atoms with E-state index in [2.05, 4.69) is 56.6 Å². The van der Waals surface area contributed by atoms with E-state index in [1.807, 2.05) is 18.1 Å². The third-order valence-electron chi connectivity index (χ3n) is 5.45. The SMILES string of the molecule is CN1CCN(C2CCC(CN(C)c3ccc(I)cn3)CC2)CC1=O. The Morgan fingerprint density at radius 1 is 1.25 bits per heavy atom. The molecule has 0 aromatic carbocycles. The Bertz CT molecular complexity index is 557. The van der Waals surface area contributed by atoms with Gasteiger partial charge in [-0.1, -0.05) is 0 Å². The van der Waals surface area contributed by atoms with Crippen LogP contribution in [-0.4, -0.2) is 67.0 Å². The molecular formula is C18H27IN4O. The summed E-state index contributed by atoms with van der Waals surface area (Å²) in [5.41, 5.74) is 0. The molecule has 1 amide bonds. The number of halogens is 1. The van der Waals surface area contributed by atoms with Crippen molar-refractivity contribution in [3.8, 4) is 0 Å². The summed E-state index contributed by atoms with van der Waals surface area (Å²) in [6, 6.07) is 4.81. The second-order valence-corrected chi connectivity index (χ2v) is 8.42. The highest BCUT2D eigenvalue weighted by atomic mass is 127. The van der Waals surface area contributed by atoms with E-state index in [9.17, 15) is 4.79 Å². The van der Waals surface area contributed by atoms with E-state index in [1.165, 1.54) is 29.3 Å². The number of anilines is 1. The molecule has 0 bridgehead atoms. The molecule has 0 unspecified atom stereocenters. The molecule has 0 spiro atoms. The van der Waals surface area contributed by atoms with E-state index in [0.29, 0.717) is 12.6 Å². The number of rotatable bonds is 4. The highest BCUT2D eigenvalue weighted by Crippen LogP contribution is 2.29. The smallest absolute Gasteiger partial charge is 0.236 e. The molecule has 3 rings (SSSR count). The Labute approximate surface area is 158 Å². The number of nitrogens with zero attached hydrogens (tertiary/aromatic N) is 4. The maximum absolute atomic E-state index is 11.9. The van der Waals surface area contributed by atoms with Gasteiger partial charge in [0.1, 0.15) is 5.82 Å². The van der Waals surface area contributed by atoms with Gasteiger partial charge in [0.2, 0.25) is 5.91 Å². The second-order valence-electron chi connectivity index (χ2n) is 7.18. The molecule has 2 aliphatic rings. The van der Waals surface area contributed by atoms with Gasteiger partial charge in [-0.05, 0) is 66.3 Å². The Hall–Kier alpha value is -0.890. The van der Waals surface area contributed by atoms with Crippen molar-refractivity contribution in [1.29, 1.82) is 0 Å². The zero-order valence-electron chi connectivity index (χ0n) is 14.6. The van der Waals surface area contributed by atoms with Crippen molar-refractivity contribution in [2.24, 2.45) is 5.92 Å². The molecule has 1 aromatic heterocycles. The van der Waals surface area contributed by atoms with Crippen LogP contribution in [0.25, 0.3) is 0 Å². The molecule has 132 valence electrons. The Balaban J connectivity index is 1.46. The van der Waals surface area contributed by atoms with Crippen LogP contribution in [0.15, 0.2) is 18.3 Å². The summed E-state index contributed by atoms with van der Waals surface area (Å²) in [4.78, 5) is 23.0. The van der Waals surface area contributed by atoms with E-state index in [1.54, 1.807) is 0 Å². The van der Waals surface area contributed by atoms with Crippen LogP contribution in [0, 0.1) is 9.49 Å². The first kappa shape index (κ1) is 17.9. The minimum Gasteiger partial charge on any atom is -0.359 e. The largest absolute Gasteiger partial charge is 0.359 e. The fraction of sp³-hybridized carbons (Fsp3) is 0.667. The molecule has 2 heterocycles. The molecule has 6 heteroatoms. The molecule has 24 heavy (non-hydrogen) atoms. The first-order valence-electron chi connectivity index (χ1n) is 8.83. The maximum atomic E-state index is 11.9. The summed E-state index contributed by atoms with van der Waals surface area (Å²) in [6.07, 6.45) is 6.86. The maximum Gasteiger partial charge on any atom is 0.236 e. The van der Waals surface area contributed by atoms with Crippen molar-refractivity contribution in [1.82, 2.24) is 14.8 Å². The number of hydrogen-bond acceptors (Lipinski definition) is 4. The molecule has 0 atom stereocenters. The van der Waals surface area contributed by atoms with E-state index >= 15 is 0 Å². The molecule has 0 N–H and O–H groups in total. The summed E-state index contributed by atoms with van der Waals surface area (Å²) in [5.74, 6) is 2.06. The minimum atomic E-state index is 0.271. The van der Waals surface area contributed by atoms with Crippen LogP contribution in [0.3, 0.4) is 0 Å². The van der Waals surface area contributed by atoms with Crippen molar-refractivity contribution in [3.05, 3.63) is 21.9 Å². The van der Waals surface area contributed by atoms with Crippen LogP contribution in [-0.2, 0) is 4.79 Å². The lowest BCUT2D eigenvalue weighted by atomic mass is 9.84. The van der Waals surface area contributed by atoms with Crippen LogP contribution in [0.1, 0.15) is 25.7 Å². The van der Waals surface area contributed by atoms with Gasteiger partial charge in [0.25, 0.3) is 0 Å². The van der Waals surface area contributed by atoms with Crippen molar-refractivity contribution >= 4 is 34.3 Å². The van der Waals surface area contributed by atoms with Gasteiger partial charge in [-0.15, -0.1) is 0 Å². The fourth-order valence-corrected chi connectivity index (χ4v) is 4.17. The predicted molar refractivity (Wildman–Crippen MR) is 105 cm³/mol. The molecule has 1 aromatic rings. The molecule has 1 saturated heterocycles. The van der Waals surface area contributed by atoms with E-state index in [-0.39, 0.29) is 5.91 Å². The average molecular weight is 442 g/mol. The van der Waals surface area contributed by atoms with Crippen molar-refractivity contribution in [2.45, 2.75) is 31.7 Å². The molecule has 1 aliphatic heterocycles. The van der Waals surface area contributed by atoms with Crippen molar-refractivity contribution in [2.75, 3.05) is 45.2 Å². The number of pyridine rings is 1. The van der Waals surface area contributed by atoms with Gasteiger partial charge in [-0.2, -0.15) is 0 Å². The standard InChI is InChI=1S/C18H27IN4O/c1-21-9-10-23(13-18(21)24)16-6-3-14(4-7-16)12-22(2)17-8-5-15(19)11-20-17/h5,8,11,14,16H,3-4,6-7,9-10,12-13H2,1-2H3. The first-order chi connectivity index (χ1) is 11.5. The summed E-state index contributed by atoms with van der Waals surface area (Å²) in [5, 5.41) is 0. The lowest BCUT2D eigenvalue weighted by Crippen LogP contribution is -2.53. The summed E-state index contributed by atoms with van der Waals surface area (Å²) in [6.45, 7) is 3.59. The Morgan fingerprint density at radius 3 is 2.62 bits per heavy atom. The van der Waals surface area contributed by atoms with Crippen LogP contribution in [0.5, 0.6) is 0 Å². The fourth-order valence-electron chi connectivity index (χ4n) is 3.86. The summed E-state index contributed by atoms with van der Waals surface area (Å²) >= 11 is 2.29. The van der Waals surface area contributed by atoms with Crippen LogP contribution >= 0.6 is 22.6 Å². The van der Waals surface area contributed by atoms with Crippen molar-refractivity contribution < 1.29 is 4.79 Å². The molecule has 5 nitrogen and oxygen atoms in total. The summed E-state index contributed by atoms with van der Waals surface area (Å²) in [7, 11) is 4.05. The number of likely N-dealkylation sites (N-methyl/N-ethyl adjacent to an activating group) is 1. The Morgan fingerprint density at radius 2 is 2.00 bits per heavy atom. The van der Waals surface area contributed by atoms with Crippen LogP contribution < -0.4 is 4.90 Å². The molecule has 2 fully saturated rings. The number of piperazine rings is 1. The van der Waals surface area contributed by atoms with Crippen LogP contribution in [0.4, 0.5) is 5.82 Å². The topological polar surface area (TPSA) is 39.7 Å². The number of hydrogen-bond donors (Lipinski definition) is 0. The third-order valence-corrected chi connectivity index (χ3v) is 6.09. The monoisotopic (exact) mass is 442 g/mol. The molecule has 0 radical (unpaired) electrons. The summed E-state index contributed by atoms with van der Waals surface area (Å²) < 4.78 is 1.17. The number of carbonyl (C=O) groups excluding carboxylic acids is 1. The normalized spacial score (nSPS) is 25.8. The van der Waals surface area contributed by atoms with Gasteiger partial charge < -0.3 is 9.80 Å². The van der Waals surface area contributed by atoms with Crippen molar-refractivity contribution in [3.63, 3.8) is 0 Å². The second kappa shape index (κ2) is 7.99. The number of carbonyl (C=O) groups is 1. The van der Waals surface area contributed by atoms with Gasteiger partial charge in [-0.25, -0.2) is 4.98 Å². The zero-order chi connectivity index (χ0) is 17.1. The quantitative estimate of drug-likeness (QED) is 0.672. The predicted octanol–water partition coefficient (Wildman–Crippen LogP) is 2.46. The van der Waals surface area contributed by atoms with Gasteiger partial charge in [0.15, 0.2) is 0 Å². The van der Waals surface area contributed by atoms with E-state index in [0.717, 1.165) is 31.4 Å². The van der Waals surface area contributed by atoms with Crippen LogP contribution in [0.2, 0.25) is 0 Å². The van der Waals surface area contributed by atoms with E-state index in [4.69, 9.17) is 0 Å². The van der Waals surface area contributed by atoms with E-state index < -0.39 is 0 Å². The highest BCUT2D eigenvalue weighted by Gasteiger charge is 2.30. The third kappa shape index (κ3) is 4.39. The zero-order valence-corrected chi connectivity index (χ0v) is 16.8. The Kier molecular flexibility index (Phi) is 5.97. The first-order valence-corrected chi connectivity index (χ1v) is 9.91. The minimum absolute atomic E-state index is 0.271. The number of aromatic nitrogens is 1. The number of amides is 1. The van der Waals surface area contributed by atoms with Gasteiger partial charge in [0.05, 0.1) is 6.54 Å². The van der Waals surface area contributed by atoms with Gasteiger partial charge in [-0.3, -0.25) is 9.69 Å². The highest BCUT2D eigenvalue weighted by molar-refractivity contribution is 14.1. The molecular weight excluding hydrogens is 415 g/mol. The van der Waals surface area contributed by atoms with Gasteiger partial charge in [0, 0.05) is 49.5 Å². The van der Waals surface area contributed by atoms with Gasteiger partial charge >= 0.3 is 0 Å². The lowest BCUT2D eigenvalue weighted by molar-refractivity contribution is -0.135. The lowest BCUT2D eigenvalue weighted by Gasteiger charge is -2.41. The molecule has 1 aliphatic carbocycles. The molecule has 1 saturated carbocycles. The average Bonchev–Trinajstić information content (AvgIpc) is 2.58.